The summed E-state index contributed by atoms with van der Waals surface area (Å²) in [5, 5.41) is 24.6. The smallest absolute Gasteiger partial charge is 0.314 e. The van der Waals surface area contributed by atoms with E-state index in [4.69, 9.17) is 4.74 Å². The minimum Gasteiger partial charge on any atom is -0.500 e. The van der Waals surface area contributed by atoms with Gasteiger partial charge in [0.25, 0.3) is 0 Å². The summed E-state index contributed by atoms with van der Waals surface area (Å²) < 4.78 is 5.39. The minimum atomic E-state index is -0.696. The number of hydrogen-bond donors (Lipinski definition) is 2. The van der Waals surface area contributed by atoms with Gasteiger partial charge in [-0.05, 0) is 48.4 Å². The molecule has 1 amide bonds. The lowest BCUT2D eigenvalue weighted by Crippen LogP contribution is -2.38. The van der Waals surface area contributed by atoms with Gasteiger partial charge in [0, 0.05) is 36.1 Å². The summed E-state index contributed by atoms with van der Waals surface area (Å²) in [6.07, 6.45) is 1.73. The first-order valence-electron chi connectivity index (χ1n) is 11.1. The second-order valence-electron chi connectivity index (χ2n) is 8.40. The predicted molar refractivity (Wildman–Crippen MR) is 121 cm³/mol. The average Bonchev–Trinajstić information content (AvgIpc) is 2.79. The molecule has 33 heavy (non-hydrogen) atoms. The summed E-state index contributed by atoms with van der Waals surface area (Å²) in [4.78, 5) is 36.7. The van der Waals surface area contributed by atoms with Crippen molar-refractivity contribution >= 4 is 17.4 Å². The monoisotopic (exact) mass is 450 g/mol. The molecule has 0 spiro atoms. The number of phenols is 1. The largest absolute Gasteiger partial charge is 0.500 e. The van der Waals surface area contributed by atoms with Crippen molar-refractivity contribution in [3.63, 3.8) is 0 Å². The number of allylic oxidation sites excluding steroid dienone is 2. The number of nitrogens with one attached hydrogen (secondary N) is 1. The maximum Gasteiger partial charge on any atom is 0.314 e. The number of amides is 1. The Hall–Kier alpha value is -3.68. The molecule has 172 valence electrons. The van der Waals surface area contributed by atoms with E-state index in [1.54, 1.807) is 6.92 Å². The molecule has 2 N–H and O–H groups in total. The van der Waals surface area contributed by atoms with Gasteiger partial charge < -0.3 is 15.2 Å². The van der Waals surface area contributed by atoms with E-state index in [2.05, 4.69) is 24.4 Å². The molecule has 8 nitrogen and oxygen atoms in total. The van der Waals surface area contributed by atoms with Crippen LogP contribution in [0.5, 0.6) is 11.5 Å². The van der Waals surface area contributed by atoms with Crippen molar-refractivity contribution in [1.29, 1.82) is 0 Å². The zero-order chi connectivity index (χ0) is 23.7. The van der Waals surface area contributed by atoms with Gasteiger partial charge in [0.15, 0.2) is 11.5 Å². The van der Waals surface area contributed by atoms with Crippen LogP contribution in [0.15, 0.2) is 47.7 Å². The number of nitro groups is 1. The van der Waals surface area contributed by atoms with Crippen LogP contribution in [0.1, 0.15) is 61.6 Å². The lowest BCUT2D eigenvalue weighted by atomic mass is 9.73. The van der Waals surface area contributed by atoms with Crippen LogP contribution in [0, 0.1) is 10.1 Å². The number of Topliss-reactive ketones (excluding diaryl/α,β-unsaturated/α-hetero) is 1. The van der Waals surface area contributed by atoms with Gasteiger partial charge in [-0.25, -0.2) is 0 Å². The highest BCUT2D eigenvalue weighted by molar-refractivity contribution is 6.02. The Bertz CT molecular complexity index is 1150. The highest BCUT2D eigenvalue weighted by atomic mass is 16.6. The van der Waals surface area contributed by atoms with Gasteiger partial charge in [-0.1, -0.05) is 31.2 Å². The lowest BCUT2D eigenvalue weighted by molar-refractivity contribution is -0.386. The van der Waals surface area contributed by atoms with Crippen LogP contribution in [0.25, 0.3) is 0 Å². The number of carbonyl (C=O) groups excluding carboxylic acids is 2. The first-order chi connectivity index (χ1) is 15.8. The van der Waals surface area contributed by atoms with Gasteiger partial charge in [-0.2, -0.15) is 0 Å². The molecule has 4 rings (SSSR count). The number of benzene rings is 2. The summed E-state index contributed by atoms with van der Waals surface area (Å²) in [5.41, 5.74) is 3.21. The number of nitro benzene ring substituents is 1. The zero-order valence-electron chi connectivity index (χ0n) is 18.6. The molecule has 0 bridgehead atoms. The molecular formula is C25H26N2O6. The minimum absolute atomic E-state index is 0.00602. The molecule has 0 saturated carbocycles. The number of ketones is 1. The van der Waals surface area contributed by atoms with Gasteiger partial charge in [0.05, 0.1) is 11.5 Å². The summed E-state index contributed by atoms with van der Waals surface area (Å²) >= 11 is 0. The molecule has 2 atom stereocenters. The van der Waals surface area contributed by atoms with Gasteiger partial charge in [0.1, 0.15) is 0 Å². The van der Waals surface area contributed by atoms with Gasteiger partial charge in [-0.15, -0.1) is 0 Å². The molecule has 0 saturated heterocycles. The predicted octanol–water partition coefficient (Wildman–Crippen LogP) is 4.27. The Kier molecular flexibility index (Phi) is 6.18. The highest BCUT2D eigenvalue weighted by Crippen LogP contribution is 2.46. The Labute approximate surface area is 191 Å². The summed E-state index contributed by atoms with van der Waals surface area (Å²) in [7, 11) is 0. The first-order valence-corrected chi connectivity index (χ1v) is 11.1. The molecule has 0 fully saturated rings. The fourth-order valence-electron chi connectivity index (χ4n) is 4.73. The van der Waals surface area contributed by atoms with E-state index < -0.39 is 22.3 Å². The second kappa shape index (κ2) is 9.05. The van der Waals surface area contributed by atoms with E-state index in [9.17, 15) is 24.8 Å². The van der Waals surface area contributed by atoms with Crippen LogP contribution in [0.2, 0.25) is 0 Å². The van der Waals surface area contributed by atoms with Gasteiger partial charge in [0.2, 0.25) is 11.7 Å². The van der Waals surface area contributed by atoms with Crippen LogP contribution in [-0.4, -0.2) is 28.3 Å². The first kappa shape index (κ1) is 22.5. The molecule has 0 unspecified atom stereocenters. The number of ether oxygens (including phenoxy) is 1. The Morgan fingerprint density at radius 3 is 2.45 bits per heavy atom. The number of aryl methyl sites for hydroxylation is 1. The quantitative estimate of drug-likeness (QED) is 0.501. The van der Waals surface area contributed by atoms with Crippen molar-refractivity contribution in [1.82, 2.24) is 5.32 Å². The Morgan fingerprint density at radius 1 is 1.09 bits per heavy atom. The van der Waals surface area contributed by atoms with E-state index in [0.717, 1.165) is 12.0 Å². The normalized spacial score (nSPS) is 20.3. The molecule has 2 aliphatic rings. The fourth-order valence-corrected chi connectivity index (χ4v) is 4.73. The molecule has 1 heterocycles. The van der Waals surface area contributed by atoms with Crippen molar-refractivity contribution in [3.05, 3.63) is 74.5 Å². The number of rotatable bonds is 6. The third-order valence-electron chi connectivity index (χ3n) is 6.37. The number of phenolic OH excluding ortho intramolecular Hbond substituents is 1. The third kappa shape index (κ3) is 4.33. The van der Waals surface area contributed by atoms with Crippen molar-refractivity contribution < 1.29 is 24.4 Å². The number of aromatic hydroxyl groups is 1. The van der Waals surface area contributed by atoms with Crippen LogP contribution in [-0.2, 0) is 16.0 Å². The summed E-state index contributed by atoms with van der Waals surface area (Å²) in [5.74, 6) is -1.61. The van der Waals surface area contributed by atoms with Crippen LogP contribution in [0.4, 0.5) is 5.69 Å². The van der Waals surface area contributed by atoms with E-state index in [1.807, 2.05) is 12.1 Å². The third-order valence-corrected chi connectivity index (χ3v) is 6.37. The van der Waals surface area contributed by atoms with Crippen molar-refractivity contribution in [2.75, 3.05) is 6.61 Å². The van der Waals surface area contributed by atoms with Gasteiger partial charge in [-0.3, -0.25) is 19.7 Å². The molecule has 2 aromatic rings. The lowest BCUT2D eigenvalue weighted by Gasteiger charge is -2.34. The highest BCUT2D eigenvalue weighted by Gasteiger charge is 2.39. The SMILES string of the molecule is CCOc1cc([C@H]2CC(=O)NC3=C2C(=O)C[C@H](c2ccc(CC)cc2)C3)cc([N+](=O)[O-])c1O. The summed E-state index contributed by atoms with van der Waals surface area (Å²) in [6, 6.07) is 10.9. The Morgan fingerprint density at radius 2 is 1.82 bits per heavy atom. The number of hydrogen-bond acceptors (Lipinski definition) is 6. The molecule has 0 radical (unpaired) electrons. The molecule has 0 aromatic heterocycles. The van der Waals surface area contributed by atoms with Crippen LogP contribution in [0.3, 0.4) is 0 Å². The maximum atomic E-state index is 13.3. The fraction of sp³-hybridized carbons (Fsp3) is 0.360. The van der Waals surface area contributed by atoms with E-state index in [0.29, 0.717) is 29.7 Å². The Balaban J connectivity index is 1.74. The van der Waals surface area contributed by atoms with Crippen molar-refractivity contribution in [3.8, 4) is 11.5 Å². The zero-order valence-corrected chi connectivity index (χ0v) is 18.6. The molecule has 8 heteroatoms. The topological polar surface area (TPSA) is 119 Å². The summed E-state index contributed by atoms with van der Waals surface area (Å²) in [6.45, 7) is 3.98. The van der Waals surface area contributed by atoms with E-state index in [-0.39, 0.29) is 36.4 Å². The van der Waals surface area contributed by atoms with Gasteiger partial charge >= 0.3 is 5.69 Å². The van der Waals surface area contributed by atoms with Crippen molar-refractivity contribution in [2.45, 2.75) is 51.4 Å². The molecule has 1 aliphatic heterocycles. The van der Waals surface area contributed by atoms with Crippen LogP contribution >= 0.6 is 0 Å². The molecule has 1 aliphatic carbocycles. The average molecular weight is 450 g/mol. The second-order valence-corrected chi connectivity index (χ2v) is 8.40. The number of carbonyl (C=O) groups is 2. The van der Waals surface area contributed by atoms with E-state index >= 15 is 0 Å². The molecular weight excluding hydrogens is 424 g/mol. The maximum absolute atomic E-state index is 13.3. The van der Waals surface area contributed by atoms with E-state index in [1.165, 1.54) is 17.7 Å². The van der Waals surface area contributed by atoms with Crippen molar-refractivity contribution in [2.24, 2.45) is 0 Å². The molecule has 2 aromatic carbocycles. The number of nitrogens with zero attached hydrogens (tertiary/aromatic N) is 1. The standard InChI is InChI=1S/C25H26N2O6/c1-3-14-5-7-15(8-6-14)16-9-19-24(21(28)11-16)18(13-23(29)26-19)17-10-20(27(31)32)25(30)22(12-17)33-4-2/h5-8,10,12,16,18,30H,3-4,9,11,13H2,1-2H3,(H,26,29)/t16-,18-/m1/s1. The van der Waals surface area contributed by atoms with Crippen LogP contribution < -0.4 is 10.1 Å².